The molecule has 1 fully saturated rings. The van der Waals surface area contributed by atoms with Crippen molar-refractivity contribution in [2.45, 2.75) is 19.4 Å². The molecule has 0 radical (unpaired) electrons. The van der Waals surface area contributed by atoms with Crippen LogP contribution < -0.4 is 4.57 Å². The molecule has 0 atom stereocenters. The first-order valence-electron chi connectivity index (χ1n) is 8.68. The summed E-state index contributed by atoms with van der Waals surface area (Å²) in [6, 6.07) is 9.28. The number of amidine groups is 1. The highest BCUT2D eigenvalue weighted by atomic mass is 19.1. The van der Waals surface area contributed by atoms with Crippen LogP contribution in [-0.2, 0) is 13.6 Å². The van der Waals surface area contributed by atoms with Crippen LogP contribution in [0.1, 0.15) is 24.0 Å². The first kappa shape index (κ1) is 15.8. The summed E-state index contributed by atoms with van der Waals surface area (Å²) in [6.07, 6.45) is 8.27. The van der Waals surface area contributed by atoms with E-state index in [0.29, 0.717) is 23.5 Å². The third kappa shape index (κ3) is 3.02. The maximum Gasteiger partial charge on any atom is 0.193 e. The summed E-state index contributed by atoms with van der Waals surface area (Å²) in [7, 11) is 1.98. The van der Waals surface area contributed by atoms with E-state index in [2.05, 4.69) is 10.6 Å². The van der Waals surface area contributed by atoms with Crippen molar-refractivity contribution < 1.29 is 8.96 Å². The summed E-state index contributed by atoms with van der Waals surface area (Å²) < 4.78 is 18.7. The lowest BCUT2D eigenvalue weighted by atomic mass is 10.1. The zero-order chi connectivity index (χ0) is 17.4. The molecule has 0 bridgehead atoms. The van der Waals surface area contributed by atoms with Gasteiger partial charge in [-0.05, 0) is 25.0 Å². The van der Waals surface area contributed by atoms with Gasteiger partial charge in [0.2, 0.25) is 0 Å². The molecule has 4 nitrogen and oxygen atoms in total. The molecule has 128 valence electrons. The van der Waals surface area contributed by atoms with Crippen LogP contribution in [0.15, 0.2) is 48.9 Å². The summed E-state index contributed by atoms with van der Waals surface area (Å²) in [4.78, 5) is 2.02. The molecule has 0 spiro atoms. The largest absolute Gasteiger partial charge is 0.357 e. The second kappa shape index (κ2) is 6.31. The zero-order valence-electron chi connectivity index (χ0n) is 14.4. The van der Waals surface area contributed by atoms with Gasteiger partial charge < -0.3 is 9.47 Å². The number of nitrogens with zero attached hydrogens (tertiary/aromatic N) is 3. The smallest absolute Gasteiger partial charge is 0.193 e. The lowest BCUT2D eigenvalue weighted by molar-refractivity contribution is -0.670. The number of nitrogens with one attached hydrogen (secondary N) is 1. The van der Waals surface area contributed by atoms with Crippen LogP contribution in [0, 0.1) is 11.2 Å². The van der Waals surface area contributed by atoms with Gasteiger partial charge in [0.1, 0.15) is 24.2 Å². The van der Waals surface area contributed by atoms with Gasteiger partial charge in [-0.2, -0.15) is 0 Å². The van der Waals surface area contributed by atoms with Crippen LogP contribution in [0.4, 0.5) is 4.39 Å². The number of rotatable bonds is 3. The highest BCUT2D eigenvalue weighted by molar-refractivity contribution is 5.96. The molecule has 1 aromatic carbocycles. The third-order valence-corrected chi connectivity index (χ3v) is 4.94. The minimum absolute atomic E-state index is 0.247. The lowest BCUT2D eigenvalue weighted by Crippen LogP contribution is -2.27. The monoisotopic (exact) mass is 337 g/mol. The van der Waals surface area contributed by atoms with Gasteiger partial charge in [0.25, 0.3) is 0 Å². The third-order valence-electron chi connectivity index (χ3n) is 4.94. The molecule has 0 amide bonds. The quantitative estimate of drug-likeness (QED) is 0.445. The number of pyridine rings is 1. The number of fused-ring (bicyclic) bond motifs is 1. The van der Waals surface area contributed by atoms with E-state index in [1.807, 2.05) is 53.3 Å². The summed E-state index contributed by atoms with van der Waals surface area (Å²) >= 11 is 0. The number of hydrogen-bond donors (Lipinski definition) is 1. The Hall–Kier alpha value is -2.69. The minimum atomic E-state index is -0.247. The predicted molar refractivity (Wildman–Crippen MR) is 96.3 cm³/mol. The van der Waals surface area contributed by atoms with Gasteiger partial charge in [-0.3, -0.25) is 5.41 Å². The molecule has 5 heteroatoms. The molecule has 1 N–H and O–H groups in total. The van der Waals surface area contributed by atoms with Crippen molar-refractivity contribution in [1.82, 2.24) is 9.47 Å². The van der Waals surface area contributed by atoms with Crippen molar-refractivity contribution in [2.24, 2.45) is 7.05 Å². The second-order valence-electron chi connectivity index (χ2n) is 6.74. The van der Waals surface area contributed by atoms with Crippen LogP contribution in [0.2, 0.25) is 0 Å². The number of benzene rings is 1. The maximum atomic E-state index is 14.6. The van der Waals surface area contributed by atoms with Gasteiger partial charge in [0.15, 0.2) is 12.4 Å². The first-order valence-corrected chi connectivity index (χ1v) is 8.68. The van der Waals surface area contributed by atoms with Gasteiger partial charge in [0.05, 0.1) is 6.54 Å². The Bertz CT molecular complexity index is 938. The highest BCUT2D eigenvalue weighted by Crippen LogP contribution is 2.19. The number of likely N-dealkylation sites (tertiary alicyclic amines) is 1. The van der Waals surface area contributed by atoms with Crippen molar-refractivity contribution in [3.05, 3.63) is 65.9 Å². The molecule has 1 aliphatic rings. The van der Waals surface area contributed by atoms with Crippen LogP contribution in [0.5, 0.6) is 0 Å². The summed E-state index contributed by atoms with van der Waals surface area (Å²) in [6.45, 7) is 2.28. The standard InChI is InChI=1S/C20H22FN4/c1-23-10-6-15-7-11-25(19(15)14-23)13-17-5-4-16(12-18(17)21)20(22)24-8-2-3-9-24/h4-7,10-12,14,22H,2-3,8-9,13H2,1H3/q+1. The fourth-order valence-electron chi connectivity index (χ4n) is 3.49. The average molecular weight is 337 g/mol. The SMILES string of the molecule is C[n+]1ccc2ccn(Cc3ccc(C(=N)N4CCCC4)cc3F)c2c1. The molecule has 25 heavy (non-hydrogen) atoms. The molecule has 1 saturated heterocycles. The van der Waals surface area contributed by atoms with E-state index in [0.717, 1.165) is 36.8 Å². The van der Waals surface area contributed by atoms with Crippen LogP contribution in [0.3, 0.4) is 0 Å². The molecule has 2 aromatic heterocycles. The summed E-state index contributed by atoms with van der Waals surface area (Å²) in [5.41, 5.74) is 2.38. The predicted octanol–water partition coefficient (Wildman–Crippen LogP) is 3.07. The van der Waals surface area contributed by atoms with Gasteiger partial charge in [-0.1, -0.05) is 12.1 Å². The zero-order valence-corrected chi connectivity index (χ0v) is 14.4. The second-order valence-corrected chi connectivity index (χ2v) is 6.74. The molecule has 3 aromatic rings. The van der Waals surface area contributed by atoms with Gasteiger partial charge in [-0.25, -0.2) is 8.96 Å². The van der Waals surface area contributed by atoms with Crippen LogP contribution in [0.25, 0.3) is 10.9 Å². The highest BCUT2D eigenvalue weighted by Gasteiger charge is 2.17. The maximum absolute atomic E-state index is 14.6. The Kier molecular flexibility index (Phi) is 3.99. The molecule has 1 aliphatic heterocycles. The number of hydrogen-bond acceptors (Lipinski definition) is 1. The minimum Gasteiger partial charge on any atom is -0.357 e. The molecule has 3 heterocycles. The average Bonchev–Trinajstić information content (AvgIpc) is 3.26. The molecular formula is C20H22FN4+. The van der Waals surface area contributed by atoms with E-state index >= 15 is 0 Å². The first-order chi connectivity index (χ1) is 12.1. The molecule has 0 unspecified atom stereocenters. The Labute approximate surface area is 146 Å². The van der Waals surface area contributed by atoms with Crippen molar-refractivity contribution >= 4 is 16.7 Å². The van der Waals surface area contributed by atoms with E-state index in [1.165, 1.54) is 6.07 Å². The number of aromatic nitrogens is 2. The van der Waals surface area contributed by atoms with E-state index < -0.39 is 0 Å². The van der Waals surface area contributed by atoms with E-state index in [-0.39, 0.29) is 5.82 Å². The fraction of sp³-hybridized carbons (Fsp3) is 0.300. The molecular weight excluding hydrogens is 315 g/mol. The van der Waals surface area contributed by atoms with Crippen molar-refractivity contribution in [2.75, 3.05) is 13.1 Å². The van der Waals surface area contributed by atoms with Crippen molar-refractivity contribution in [3.8, 4) is 0 Å². The molecule has 0 aliphatic carbocycles. The molecule has 4 rings (SSSR count). The normalized spacial score (nSPS) is 14.4. The fourth-order valence-corrected chi connectivity index (χ4v) is 3.49. The Morgan fingerprint density at radius 3 is 2.76 bits per heavy atom. The number of aryl methyl sites for hydroxylation is 1. The topological polar surface area (TPSA) is 35.9 Å². The van der Waals surface area contributed by atoms with E-state index in [4.69, 9.17) is 5.41 Å². The summed E-state index contributed by atoms with van der Waals surface area (Å²) in [5.74, 6) is 0.185. The summed E-state index contributed by atoms with van der Waals surface area (Å²) in [5, 5.41) is 9.42. The van der Waals surface area contributed by atoms with Gasteiger partial charge >= 0.3 is 0 Å². The van der Waals surface area contributed by atoms with E-state index in [9.17, 15) is 4.39 Å². The van der Waals surface area contributed by atoms with Crippen molar-refractivity contribution in [3.63, 3.8) is 0 Å². The lowest BCUT2D eigenvalue weighted by Gasteiger charge is -2.19. The van der Waals surface area contributed by atoms with Crippen LogP contribution >= 0.6 is 0 Å². The Morgan fingerprint density at radius 1 is 1.20 bits per heavy atom. The Morgan fingerprint density at radius 2 is 2.00 bits per heavy atom. The van der Waals surface area contributed by atoms with Crippen LogP contribution in [-0.4, -0.2) is 28.4 Å². The number of halogens is 1. The Balaban J connectivity index is 1.60. The molecule has 0 saturated carbocycles. The van der Waals surface area contributed by atoms with E-state index in [1.54, 1.807) is 0 Å². The van der Waals surface area contributed by atoms with Gasteiger partial charge in [0, 0.05) is 41.9 Å². The van der Waals surface area contributed by atoms with Crippen molar-refractivity contribution in [1.29, 1.82) is 5.41 Å². The van der Waals surface area contributed by atoms with Gasteiger partial charge in [-0.15, -0.1) is 0 Å².